The Morgan fingerprint density at radius 1 is 1.56 bits per heavy atom. The molecule has 54 valence electrons. The first-order valence-electron chi connectivity index (χ1n) is 2.00. The molecule has 0 aromatic carbocycles. The standard InChI is InChI=1S/C4H6N2S.2ClH/c5-1-4-2-7-3-6-4;;/h2-3H,1,5H2;2*1H. The van der Waals surface area contributed by atoms with Gasteiger partial charge in [0.15, 0.2) is 0 Å². The summed E-state index contributed by atoms with van der Waals surface area (Å²) >= 11 is 1.57. The molecule has 0 aliphatic heterocycles. The molecule has 0 saturated heterocycles. The molecule has 0 fully saturated rings. The van der Waals surface area contributed by atoms with E-state index in [0.717, 1.165) is 5.69 Å². The van der Waals surface area contributed by atoms with Gasteiger partial charge in [-0.25, -0.2) is 4.98 Å². The third kappa shape index (κ3) is 3.70. The zero-order valence-electron chi connectivity index (χ0n) is 4.61. The maximum Gasteiger partial charge on any atom is 0.0795 e. The van der Waals surface area contributed by atoms with Crippen LogP contribution in [0.5, 0.6) is 0 Å². The van der Waals surface area contributed by atoms with Gasteiger partial charge in [-0.3, -0.25) is 0 Å². The van der Waals surface area contributed by atoms with E-state index < -0.39 is 0 Å². The second-order valence-electron chi connectivity index (χ2n) is 1.18. The van der Waals surface area contributed by atoms with Crippen LogP contribution in [0.25, 0.3) is 0 Å². The zero-order chi connectivity index (χ0) is 5.11. The fourth-order valence-electron chi connectivity index (χ4n) is 0.338. The van der Waals surface area contributed by atoms with Gasteiger partial charge in [0.25, 0.3) is 0 Å². The first-order valence-corrected chi connectivity index (χ1v) is 2.95. The quantitative estimate of drug-likeness (QED) is 0.722. The summed E-state index contributed by atoms with van der Waals surface area (Å²) in [6, 6.07) is 0. The lowest BCUT2D eigenvalue weighted by molar-refractivity contribution is 1.01. The maximum atomic E-state index is 5.24. The highest BCUT2D eigenvalue weighted by molar-refractivity contribution is 7.07. The van der Waals surface area contributed by atoms with Crippen molar-refractivity contribution >= 4 is 36.2 Å². The van der Waals surface area contributed by atoms with Gasteiger partial charge in [-0.1, -0.05) is 0 Å². The molecule has 0 aliphatic rings. The van der Waals surface area contributed by atoms with Crippen LogP contribution in [0.2, 0.25) is 0 Å². The molecule has 9 heavy (non-hydrogen) atoms. The van der Waals surface area contributed by atoms with Gasteiger partial charge in [0.2, 0.25) is 0 Å². The summed E-state index contributed by atoms with van der Waals surface area (Å²) in [7, 11) is 0. The molecule has 1 rings (SSSR count). The van der Waals surface area contributed by atoms with Crippen molar-refractivity contribution in [3.05, 3.63) is 16.6 Å². The van der Waals surface area contributed by atoms with Crippen LogP contribution in [-0.4, -0.2) is 4.98 Å². The lowest BCUT2D eigenvalue weighted by Crippen LogP contribution is -1.94. The SMILES string of the molecule is Cl.Cl.NCc1cscn1. The minimum atomic E-state index is 0. The van der Waals surface area contributed by atoms with Crippen molar-refractivity contribution in [2.75, 3.05) is 0 Å². The topological polar surface area (TPSA) is 38.9 Å². The molecule has 2 nitrogen and oxygen atoms in total. The van der Waals surface area contributed by atoms with E-state index in [9.17, 15) is 0 Å². The zero-order valence-corrected chi connectivity index (χ0v) is 7.06. The second kappa shape index (κ2) is 6.29. The van der Waals surface area contributed by atoms with Crippen LogP contribution in [0.4, 0.5) is 0 Å². The van der Waals surface area contributed by atoms with E-state index in [1.54, 1.807) is 16.8 Å². The van der Waals surface area contributed by atoms with E-state index in [-0.39, 0.29) is 24.8 Å². The first-order chi connectivity index (χ1) is 3.43. The molecular formula is C4H8Cl2N2S. The Labute approximate surface area is 70.3 Å². The fraction of sp³-hybridized carbons (Fsp3) is 0.250. The molecule has 5 heteroatoms. The Morgan fingerprint density at radius 3 is 2.44 bits per heavy atom. The minimum absolute atomic E-state index is 0. The number of nitrogens with zero attached hydrogens (tertiary/aromatic N) is 1. The van der Waals surface area contributed by atoms with Crippen LogP contribution in [0.15, 0.2) is 10.9 Å². The number of hydrogen-bond acceptors (Lipinski definition) is 3. The van der Waals surface area contributed by atoms with E-state index >= 15 is 0 Å². The van der Waals surface area contributed by atoms with Crippen molar-refractivity contribution in [2.45, 2.75) is 6.54 Å². The third-order valence-electron chi connectivity index (χ3n) is 0.693. The summed E-state index contributed by atoms with van der Waals surface area (Å²) in [5, 5.41) is 1.94. The van der Waals surface area contributed by atoms with E-state index in [1.807, 2.05) is 5.38 Å². The predicted molar refractivity (Wildman–Crippen MR) is 44.5 cm³/mol. The molecule has 0 aliphatic carbocycles. The van der Waals surface area contributed by atoms with Gasteiger partial charge in [-0.2, -0.15) is 0 Å². The van der Waals surface area contributed by atoms with Gasteiger partial charge >= 0.3 is 0 Å². The molecule has 0 saturated carbocycles. The van der Waals surface area contributed by atoms with Crippen molar-refractivity contribution in [3.63, 3.8) is 0 Å². The second-order valence-corrected chi connectivity index (χ2v) is 1.90. The van der Waals surface area contributed by atoms with Crippen molar-refractivity contribution in [1.82, 2.24) is 4.98 Å². The molecule has 1 aromatic heterocycles. The number of hydrogen-bond donors (Lipinski definition) is 1. The molecule has 1 heterocycles. The maximum absolute atomic E-state index is 5.24. The highest BCUT2D eigenvalue weighted by Gasteiger charge is 1.84. The Kier molecular flexibility index (Phi) is 8.32. The minimum Gasteiger partial charge on any atom is -0.325 e. The van der Waals surface area contributed by atoms with Crippen LogP contribution in [-0.2, 0) is 6.54 Å². The van der Waals surface area contributed by atoms with Gasteiger partial charge in [0.05, 0.1) is 11.2 Å². The van der Waals surface area contributed by atoms with Crippen LogP contribution < -0.4 is 5.73 Å². The van der Waals surface area contributed by atoms with Gasteiger partial charge in [0, 0.05) is 11.9 Å². The van der Waals surface area contributed by atoms with Crippen LogP contribution in [0, 0.1) is 0 Å². The highest BCUT2D eigenvalue weighted by atomic mass is 35.5. The smallest absolute Gasteiger partial charge is 0.0795 e. The molecule has 0 unspecified atom stereocenters. The highest BCUT2D eigenvalue weighted by Crippen LogP contribution is 1.97. The number of rotatable bonds is 1. The van der Waals surface area contributed by atoms with Gasteiger partial charge in [-0.05, 0) is 0 Å². The number of thiazole rings is 1. The Balaban J connectivity index is 0. The van der Waals surface area contributed by atoms with Gasteiger partial charge in [-0.15, -0.1) is 36.2 Å². The number of nitrogens with two attached hydrogens (primary N) is 1. The van der Waals surface area contributed by atoms with Crippen molar-refractivity contribution in [2.24, 2.45) is 5.73 Å². The summed E-state index contributed by atoms with van der Waals surface area (Å²) in [6.07, 6.45) is 0. The van der Waals surface area contributed by atoms with Crippen molar-refractivity contribution in [3.8, 4) is 0 Å². The summed E-state index contributed by atoms with van der Waals surface area (Å²) in [4.78, 5) is 3.93. The third-order valence-corrected chi connectivity index (χ3v) is 1.33. The normalized spacial score (nSPS) is 7.22. The molecule has 0 radical (unpaired) electrons. The average molecular weight is 187 g/mol. The molecule has 1 aromatic rings. The average Bonchev–Trinajstić information content (AvgIpc) is 2.14. The summed E-state index contributed by atoms with van der Waals surface area (Å²) < 4.78 is 0. The molecule has 2 N–H and O–H groups in total. The summed E-state index contributed by atoms with van der Waals surface area (Å²) in [5.74, 6) is 0. The Morgan fingerprint density at radius 2 is 2.22 bits per heavy atom. The molecule has 0 bridgehead atoms. The summed E-state index contributed by atoms with van der Waals surface area (Å²) in [6.45, 7) is 0.559. The van der Waals surface area contributed by atoms with Gasteiger partial charge < -0.3 is 5.73 Å². The molecule has 0 atom stereocenters. The largest absolute Gasteiger partial charge is 0.325 e. The van der Waals surface area contributed by atoms with Crippen molar-refractivity contribution in [1.29, 1.82) is 0 Å². The van der Waals surface area contributed by atoms with E-state index in [0.29, 0.717) is 6.54 Å². The monoisotopic (exact) mass is 186 g/mol. The van der Waals surface area contributed by atoms with Gasteiger partial charge in [0.1, 0.15) is 0 Å². The molecular weight excluding hydrogens is 179 g/mol. The summed E-state index contributed by atoms with van der Waals surface area (Å²) in [5.41, 5.74) is 8.00. The fourth-order valence-corrected chi connectivity index (χ4v) is 0.910. The number of halogens is 2. The predicted octanol–water partition coefficient (Wildman–Crippen LogP) is 1.45. The Hall–Kier alpha value is 0.170. The molecule has 0 spiro atoms. The lowest BCUT2D eigenvalue weighted by Gasteiger charge is -1.78. The van der Waals surface area contributed by atoms with Crippen LogP contribution in [0.3, 0.4) is 0 Å². The number of aromatic nitrogens is 1. The van der Waals surface area contributed by atoms with Crippen LogP contribution >= 0.6 is 36.2 Å². The van der Waals surface area contributed by atoms with Crippen LogP contribution in [0.1, 0.15) is 5.69 Å². The van der Waals surface area contributed by atoms with Crippen molar-refractivity contribution < 1.29 is 0 Å². The van der Waals surface area contributed by atoms with E-state index in [1.165, 1.54) is 0 Å². The van der Waals surface area contributed by atoms with E-state index in [4.69, 9.17) is 5.73 Å². The van der Waals surface area contributed by atoms with E-state index in [2.05, 4.69) is 4.98 Å². The first kappa shape index (κ1) is 11.9. The Bertz CT molecular complexity index is 131. The molecule has 0 amide bonds. The lowest BCUT2D eigenvalue weighted by atomic mass is 10.5.